The summed E-state index contributed by atoms with van der Waals surface area (Å²) in [6, 6.07) is 0. The van der Waals surface area contributed by atoms with E-state index in [4.69, 9.17) is 12.2 Å². The molecule has 3 N–H and O–H groups in total. The van der Waals surface area contributed by atoms with E-state index in [0.29, 0.717) is 6.42 Å². The van der Waals surface area contributed by atoms with Crippen molar-refractivity contribution in [2.75, 3.05) is 20.2 Å². The Morgan fingerprint density at radius 3 is 3.08 bits per heavy atom. The lowest BCUT2D eigenvalue weighted by atomic mass is 9.82. The van der Waals surface area contributed by atoms with Crippen LogP contribution < -0.4 is 5.73 Å². The van der Waals surface area contributed by atoms with Gasteiger partial charge in [0.2, 0.25) is 5.91 Å². The molecule has 0 radical (unpaired) electrons. The van der Waals surface area contributed by atoms with Crippen LogP contribution in [0.4, 0.5) is 0 Å². The van der Waals surface area contributed by atoms with Crippen molar-refractivity contribution in [1.29, 1.82) is 0 Å². The summed E-state index contributed by atoms with van der Waals surface area (Å²) in [5, 5.41) is 9.13. The second kappa shape index (κ2) is 3.64. The van der Waals surface area contributed by atoms with Gasteiger partial charge in [-0.25, -0.2) is 0 Å². The molecule has 0 saturated carbocycles. The molecular formula is C9H18N2O2. The third-order valence-electron chi connectivity index (χ3n) is 3.07. The van der Waals surface area contributed by atoms with Crippen molar-refractivity contribution >= 4 is 5.91 Å². The fourth-order valence-corrected chi connectivity index (χ4v) is 2.13. The van der Waals surface area contributed by atoms with Crippen LogP contribution in [-0.2, 0) is 4.79 Å². The first kappa shape index (κ1) is 8.97. The average Bonchev–Trinajstić information content (AvgIpc) is 2.60. The number of carbonyl (C=O) groups excluding carboxylic acids is 1. The van der Waals surface area contributed by atoms with E-state index in [0.717, 1.165) is 13.0 Å². The topological polar surface area (TPSA) is 66.6 Å². The van der Waals surface area contributed by atoms with Gasteiger partial charge in [-0.15, -0.1) is 0 Å². The minimum absolute atomic E-state index is 0.0628. The molecule has 0 unspecified atom stereocenters. The second-order valence-corrected chi connectivity index (χ2v) is 3.74. The number of aliphatic hydroxyl groups is 1. The summed E-state index contributed by atoms with van der Waals surface area (Å²) < 4.78 is 7.35. The van der Waals surface area contributed by atoms with Gasteiger partial charge in [-0.3, -0.25) is 9.69 Å². The number of nitrogens with two attached hydrogens (primary N) is 1. The van der Waals surface area contributed by atoms with Gasteiger partial charge in [-0.1, -0.05) is 6.92 Å². The molecule has 1 saturated heterocycles. The number of carbonyl (C=O) groups is 1. The van der Waals surface area contributed by atoms with Gasteiger partial charge in [0.25, 0.3) is 0 Å². The van der Waals surface area contributed by atoms with Crippen LogP contribution in [0.2, 0.25) is 0 Å². The zero-order chi connectivity index (χ0) is 10.8. The van der Waals surface area contributed by atoms with Crippen LogP contribution >= 0.6 is 0 Å². The summed E-state index contributed by atoms with van der Waals surface area (Å²) in [5.74, 6) is -0.614. The van der Waals surface area contributed by atoms with Crippen molar-refractivity contribution in [3.63, 3.8) is 0 Å². The molecule has 13 heavy (non-hydrogen) atoms. The zero-order valence-corrected chi connectivity index (χ0v) is 7.99. The third-order valence-corrected chi connectivity index (χ3v) is 3.07. The van der Waals surface area contributed by atoms with Gasteiger partial charge in [0.05, 0.1) is 0 Å². The molecule has 76 valence electrons. The largest absolute Gasteiger partial charge is 0.396 e. The fraction of sp³-hybridized carbons (Fsp3) is 0.889. The number of amides is 1. The van der Waals surface area contributed by atoms with Crippen molar-refractivity contribution in [3.05, 3.63) is 0 Å². The third kappa shape index (κ3) is 1.44. The van der Waals surface area contributed by atoms with E-state index in [2.05, 4.69) is 0 Å². The highest BCUT2D eigenvalue weighted by Crippen LogP contribution is 2.34. The molecule has 1 fully saturated rings. The van der Waals surface area contributed by atoms with Gasteiger partial charge >= 0.3 is 0 Å². The summed E-state index contributed by atoms with van der Waals surface area (Å²) >= 11 is 0. The van der Waals surface area contributed by atoms with E-state index in [1.165, 1.54) is 0 Å². The molecule has 0 aromatic rings. The average molecular weight is 187 g/mol. The minimum Gasteiger partial charge on any atom is -0.396 e. The number of aliphatic hydroxyl groups excluding tert-OH is 1. The number of likely N-dealkylation sites (tertiary alicyclic amines) is 1. The van der Waals surface area contributed by atoms with Crippen molar-refractivity contribution < 1.29 is 11.3 Å². The molecule has 1 aliphatic heterocycles. The Labute approximate surface area is 80.1 Å². The first-order valence-corrected chi connectivity index (χ1v) is 4.54. The summed E-state index contributed by atoms with van der Waals surface area (Å²) in [6.07, 6.45) is 1.52. The first-order valence-electron chi connectivity index (χ1n) is 5.25. The summed E-state index contributed by atoms with van der Waals surface area (Å²) in [5.41, 5.74) is 4.61. The van der Waals surface area contributed by atoms with Gasteiger partial charge in [-0.2, -0.15) is 0 Å². The molecule has 0 bridgehead atoms. The Morgan fingerprint density at radius 1 is 1.92 bits per heavy atom. The van der Waals surface area contributed by atoms with Crippen LogP contribution in [0.25, 0.3) is 0 Å². The minimum atomic E-state index is -0.795. The Balaban J connectivity index is 2.96. The quantitative estimate of drug-likeness (QED) is 0.629. The van der Waals surface area contributed by atoms with E-state index in [9.17, 15) is 4.79 Å². The Bertz CT molecular complexity index is 225. The van der Waals surface area contributed by atoms with Gasteiger partial charge < -0.3 is 10.8 Å². The highest BCUT2D eigenvalue weighted by Gasteiger charge is 2.47. The van der Waals surface area contributed by atoms with Crippen molar-refractivity contribution in [2.24, 2.45) is 11.7 Å². The molecule has 0 aromatic carbocycles. The van der Waals surface area contributed by atoms with Crippen LogP contribution in [-0.4, -0.2) is 41.6 Å². The van der Waals surface area contributed by atoms with E-state index in [1.807, 2.05) is 0 Å². The standard InChI is InChI=1S/C9H18N2O2/c1-7(6-12)9(8(10)13)4-3-5-11(9)2/h7,12H,3-6H2,1-2H3,(H2,10,13)/t7-,9+/m0/s1/i2D. The lowest BCUT2D eigenvalue weighted by Crippen LogP contribution is -2.57. The summed E-state index contributed by atoms with van der Waals surface area (Å²) in [6.45, 7) is 2.45. The summed E-state index contributed by atoms with van der Waals surface area (Å²) in [4.78, 5) is 13.2. The molecule has 1 heterocycles. The van der Waals surface area contributed by atoms with Crippen molar-refractivity contribution in [3.8, 4) is 0 Å². The molecular weight excluding hydrogens is 168 g/mol. The lowest BCUT2D eigenvalue weighted by molar-refractivity contribution is -0.131. The number of hydrogen-bond donors (Lipinski definition) is 2. The van der Waals surface area contributed by atoms with Crippen LogP contribution in [0.15, 0.2) is 0 Å². The van der Waals surface area contributed by atoms with Gasteiger partial charge in [0, 0.05) is 13.9 Å². The highest BCUT2D eigenvalue weighted by atomic mass is 16.3. The molecule has 2 atom stereocenters. The van der Waals surface area contributed by atoms with Gasteiger partial charge in [0.15, 0.2) is 0 Å². The molecule has 1 amide bonds. The highest BCUT2D eigenvalue weighted by molar-refractivity contribution is 5.85. The lowest BCUT2D eigenvalue weighted by Gasteiger charge is -2.37. The molecule has 4 heteroatoms. The molecule has 0 aliphatic carbocycles. The van der Waals surface area contributed by atoms with E-state index in [-0.39, 0.29) is 19.5 Å². The predicted molar refractivity (Wildman–Crippen MR) is 50.0 cm³/mol. The molecule has 0 spiro atoms. The number of rotatable bonds is 3. The van der Waals surface area contributed by atoms with Crippen LogP contribution in [0, 0.1) is 5.92 Å². The fourth-order valence-electron chi connectivity index (χ4n) is 2.13. The number of primary amides is 1. The Kier molecular flexibility index (Phi) is 2.51. The molecule has 0 aromatic heterocycles. The molecule has 1 rings (SSSR count). The number of nitrogens with zero attached hydrogens (tertiary/aromatic N) is 1. The number of hydrogen-bond acceptors (Lipinski definition) is 3. The SMILES string of the molecule is [2H]CN1CCC[C@]1(C(N)=O)[C@@H](C)CO. The monoisotopic (exact) mass is 187 g/mol. The Hall–Kier alpha value is -0.610. The Morgan fingerprint density at radius 2 is 2.62 bits per heavy atom. The van der Waals surface area contributed by atoms with E-state index < -0.39 is 11.4 Å². The van der Waals surface area contributed by atoms with E-state index in [1.54, 1.807) is 11.8 Å². The normalized spacial score (nSPS) is 32.9. The maximum Gasteiger partial charge on any atom is 0.238 e. The van der Waals surface area contributed by atoms with Gasteiger partial charge in [-0.05, 0) is 26.4 Å². The number of likely N-dealkylation sites (N-methyl/N-ethyl adjacent to an activating group) is 1. The van der Waals surface area contributed by atoms with Crippen LogP contribution in [0.3, 0.4) is 0 Å². The van der Waals surface area contributed by atoms with Crippen LogP contribution in [0.1, 0.15) is 21.1 Å². The molecule has 4 nitrogen and oxygen atoms in total. The van der Waals surface area contributed by atoms with Crippen molar-refractivity contribution in [2.45, 2.75) is 25.3 Å². The second-order valence-electron chi connectivity index (χ2n) is 3.74. The summed E-state index contributed by atoms with van der Waals surface area (Å²) in [7, 11) is 0.0628. The predicted octanol–water partition coefficient (Wildman–Crippen LogP) is -0.435. The van der Waals surface area contributed by atoms with E-state index >= 15 is 0 Å². The smallest absolute Gasteiger partial charge is 0.238 e. The first-order chi connectivity index (χ1) is 6.59. The van der Waals surface area contributed by atoms with Gasteiger partial charge in [0.1, 0.15) is 5.54 Å². The van der Waals surface area contributed by atoms with Crippen LogP contribution in [0.5, 0.6) is 0 Å². The maximum absolute atomic E-state index is 11.5. The molecule has 1 aliphatic rings. The zero-order valence-electron chi connectivity index (χ0n) is 8.99. The maximum atomic E-state index is 11.5. The van der Waals surface area contributed by atoms with Crippen molar-refractivity contribution in [1.82, 2.24) is 4.90 Å².